The van der Waals surface area contributed by atoms with Gasteiger partial charge in [-0.1, -0.05) is 25.1 Å². The molecular weight excluding hydrogens is 302 g/mol. The quantitative estimate of drug-likeness (QED) is 0.759. The summed E-state index contributed by atoms with van der Waals surface area (Å²) >= 11 is 0. The van der Waals surface area contributed by atoms with Crippen LogP contribution in [0, 0.1) is 11.6 Å². The van der Waals surface area contributed by atoms with E-state index in [2.05, 4.69) is 4.74 Å². The van der Waals surface area contributed by atoms with E-state index in [0.717, 1.165) is 5.56 Å². The molecule has 0 heterocycles. The summed E-state index contributed by atoms with van der Waals surface area (Å²) in [4.78, 5) is 11.4. The van der Waals surface area contributed by atoms with Crippen LogP contribution < -0.4 is 4.74 Å². The van der Waals surface area contributed by atoms with Crippen molar-refractivity contribution in [2.75, 3.05) is 7.11 Å². The fourth-order valence-electron chi connectivity index (χ4n) is 2.19. The normalized spacial score (nSPS) is 10.4. The van der Waals surface area contributed by atoms with Crippen LogP contribution in [0.5, 0.6) is 5.75 Å². The molecular formula is C18H18F2O3. The SMILES string of the molecule is CCc1ccc(OCc2c(F)cccc2CC(=O)OC)c(F)c1. The Balaban J connectivity index is 2.18. The molecule has 0 bridgehead atoms. The Morgan fingerprint density at radius 3 is 2.57 bits per heavy atom. The first-order valence-corrected chi connectivity index (χ1v) is 7.29. The Kier molecular flexibility index (Phi) is 5.68. The second kappa shape index (κ2) is 7.72. The molecule has 0 saturated heterocycles. The van der Waals surface area contributed by atoms with Gasteiger partial charge in [0.15, 0.2) is 11.6 Å². The Morgan fingerprint density at radius 1 is 1.13 bits per heavy atom. The first-order chi connectivity index (χ1) is 11.0. The van der Waals surface area contributed by atoms with Crippen molar-refractivity contribution in [3.63, 3.8) is 0 Å². The number of hydrogen-bond acceptors (Lipinski definition) is 3. The van der Waals surface area contributed by atoms with Crippen LogP contribution in [-0.2, 0) is 29.0 Å². The molecule has 23 heavy (non-hydrogen) atoms. The topological polar surface area (TPSA) is 35.5 Å². The third kappa shape index (κ3) is 4.28. The number of ether oxygens (including phenoxy) is 2. The van der Waals surface area contributed by atoms with Gasteiger partial charge in [-0.2, -0.15) is 0 Å². The number of esters is 1. The average Bonchev–Trinajstić information content (AvgIpc) is 2.55. The predicted molar refractivity (Wildman–Crippen MR) is 82.2 cm³/mol. The molecule has 0 aliphatic carbocycles. The fraction of sp³-hybridized carbons (Fsp3) is 0.278. The summed E-state index contributed by atoms with van der Waals surface area (Å²) in [7, 11) is 1.27. The fourth-order valence-corrected chi connectivity index (χ4v) is 2.19. The molecule has 0 aliphatic heterocycles. The van der Waals surface area contributed by atoms with Crippen LogP contribution in [-0.4, -0.2) is 13.1 Å². The van der Waals surface area contributed by atoms with Crippen molar-refractivity contribution in [1.29, 1.82) is 0 Å². The highest BCUT2D eigenvalue weighted by Crippen LogP contribution is 2.22. The van der Waals surface area contributed by atoms with E-state index in [1.807, 2.05) is 6.92 Å². The maximum absolute atomic E-state index is 14.0. The molecule has 5 heteroatoms. The zero-order valence-electron chi connectivity index (χ0n) is 13.1. The Morgan fingerprint density at radius 2 is 1.91 bits per heavy atom. The van der Waals surface area contributed by atoms with Gasteiger partial charge in [-0.3, -0.25) is 4.79 Å². The van der Waals surface area contributed by atoms with Crippen molar-refractivity contribution < 1.29 is 23.0 Å². The van der Waals surface area contributed by atoms with Gasteiger partial charge in [0.25, 0.3) is 0 Å². The van der Waals surface area contributed by atoms with E-state index < -0.39 is 17.6 Å². The van der Waals surface area contributed by atoms with Crippen molar-refractivity contribution in [2.24, 2.45) is 0 Å². The third-order valence-electron chi connectivity index (χ3n) is 3.55. The summed E-state index contributed by atoms with van der Waals surface area (Å²) in [5.41, 5.74) is 1.53. The van der Waals surface area contributed by atoms with Crippen LogP contribution in [0.3, 0.4) is 0 Å². The van der Waals surface area contributed by atoms with Crippen molar-refractivity contribution in [2.45, 2.75) is 26.4 Å². The predicted octanol–water partition coefficient (Wildman–Crippen LogP) is 3.82. The second-order valence-corrected chi connectivity index (χ2v) is 5.04. The molecule has 0 atom stereocenters. The Labute approximate surface area is 133 Å². The van der Waals surface area contributed by atoms with Gasteiger partial charge in [0.05, 0.1) is 13.5 Å². The molecule has 0 radical (unpaired) electrons. The minimum Gasteiger partial charge on any atom is -0.486 e. The first kappa shape index (κ1) is 16.9. The number of carbonyl (C=O) groups is 1. The number of aryl methyl sites for hydroxylation is 1. The molecule has 0 aromatic heterocycles. The van der Waals surface area contributed by atoms with Gasteiger partial charge in [-0.05, 0) is 35.7 Å². The van der Waals surface area contributed by atoms with Crippen molar-refractivity contribution in [1.82, 2.24) is 0 Å². The van der Waals surface area contributed by atoms with Crippen LogP contribution in [0.25, 0.3) is 0 Å². The lowest BCUT2D eigenvalue weighted by atomic mass is 10.0. The summed E-state index contributed by atoms with van der Waals surface area (Å²) in [6.45, 7) is 1.76. The highest BCUT2D eigenvalue weighted by molar-refractivity contribution is 5.72. The van der Waals surface area contributed by atoms with Gasteiger partial charge in [-0.15, -0.1) is 0 Å². The maximum Gasteiger partial charge on any atom is 0.309 e. The lowest BCUT2D eigenvalue weighted by molar-refractivity contribution is -0.139. The second-order valence-electron chi connectivity index (χ2n) is 5.04. The van der Waals surface area contributed by atoms with E-state index in [0.29, 0.717) is 12.0 Å². The van der Waals surface area contributed by atoms with Gasteiger partial charge in [-0.25, -0.2) is 8.78 Å². The number of carbonyl (C=O) groups excluding carboxylic acids is 1. The van der Waals surface area contributed by atoms with Crippen LogP contribution in [0.2, 0.25) is 0 Å². The number of rotatable bonds is 6. The number of methoxy groups -OCH3 is 1. The van der Waals surface area contributed by atoms with E-state index in [1.54, 1.807) is 12.1 Å². The minimum atomic E-state index is -0.503. The van der Waals surface area contributed by atoms with Crippen molar-refractivity contribution in [3.8, 4) is 5.75 Å². The van der Waals surface area contributed by atoms with Crippen LogP contribution in [0.15, 0.2) is 36.4 Å². The van der Waals surface area contributed by atoms with Crippen molar-refractivity contribution in [3.05, 3.63) is 64.7 Å². The van der Waals surface area contributed by atoms with Crippen LogP contribution in [0.1, 0.15) is 23.6 Å². The van der Waals surface area contributed by atoms with Gasteiger partial charge < -0.3 is 9.47 Å². The molecule has 0 unspecified atom stereocenters. The Bertz CT molecular complexity index is 699. The average molecular weight is 320 g/mol. The monoisotopic (exact) mass is 320 g/mol. The van der Waals surface area contributed by atoms with E-state index in [9.17, 15) is 13.6 Å². The van der Waals surface area contributed by atoms with Gasteiger partial charge in [0.1, 0.15) is 12.4 Å². The summed E-state index contributed by atoms with van der Waals surface area (Å²) in [6.07, 6.45) is 0.651. The molecule has 122 valence electrons. The van der Waals surface area contributed by atoms with E-state index in [4.69, 9.17) is 4.74 Å². The zero-order chi connectivity index (χ0) is 16.8. The number of hydrogen-bond donors (Lipinski definition) is 0. The highest BCUT2D eigenvalue weighted by Gasteiger charge is 2.14. The van der Waals surface area contributed by atoms with Gasteiger partial charge in [0, 0.05) is 5.56 Å². The summed E-state index contributed by atoms with van der Waals surface area (Å²) in [6, 6.07) is 9.08. The van der Waals surface area contributed by atoms with Crippen molar-refractivity contribution >= 4 is 5.97 Å². The lowest BCUT2D eigenvalue weighted by Gasteiger charge is -2.12. The molecule has 0 N–H and O–H groups in total. The van der Waals surface area contributed by atoms with Crippen LogP contribution >= 0.6 is 0 Å². The lowest BCUT2D eigenvalue weighted by Crippen LogP contribution is -2.10. The molecule has 0 amide bonds. The summed E-state index contributed by atoms with van der Waals surface area (Å²) in [5, 5.41) is 0. The molecule has 3 nitrogen and oxygen atoms in total. The minimum absolute atomic E-state index is 0.0504. The van der Waals surface area contributed by atoms with Gasteiger partial charge in [0.2, 0.25) is 0 Å². The summed E-state index contributed by atoms with van der Waals surface area (Å²) < 4.78 is 37.9. The van der Waals surface area contributed by atoms with Crippen LogP contribution in [0.4, 0.5) is 8.78 Å². The maximum atomic E-state index is 14.0. The zero-order valence-corrected chi connectivity index (χ0v) is 13.1. The smallest absolute Gasteiger partial charge is 0.309 e. The standard InChI is InChI=1S/C18H18F2O3/c1-3-12-7-8-17(16(20)9-12)23-11-14-13(10-18(21)22-2)5-4-6-15(14)19/h4-9H,3,10-11H2,1-2H3. The third-order valence-corrected chi connectivity index (χ3v) is 3.55. The molecule has 0 fully saturated rings. The van der Waals surface area contributed by atoms with Gasteiger partial charge >= 0.3 is 5.97 Å². The molecule has 2 rings (SSSR count). The Hall–Kier alpha value is -2.43. The van der Waals surface area contributed by atoms with E-state index in [1.165, 1.54) is 31.4 Å². The van der Waals surface area contributed by atoms with E-state index in [-0.39, 0.29) is 24.3 Å². The number of halogens is 2. The largest absolute Gasteiger partial charge is 0.486 e. The van der Waals surface area contributed by atoms with E-state index >= 15 is 0 Å². The molecule has 0 aliphatic rings. The summed E-state index contributed by atoms with van der Waals surface area (Å²) in [5.74, 6) is -1.42. The highest BCUT2D eigenvalue weighted by atomic mass is 19.1. The number of benzene rings is 2. The first-order valence-electron chi connectivity index (χ1n) is 7.29. The molecule has 2 aromatic carbocycles. The molecule has 0 saturated carbocycles. The molecule has 0 spiro atoms. The molecule has 2 aromatic rings.